The number of nitrogens with zero attached hydrogens (tertiary/aromatic N) is 2. The molecule has 0 aromatic rings. The molecular formula is C14H28N4O2S. The number of hydrogen-bond acceptors (Lipinski definition) is 4. The molecule has 2 atom stereocenters. The average Bonchev–Trinajstić information content (AvgIpc) is 3.04. The normalized spacial score (nSPS) is 27.7. The molecule has 0 saturated carbocycles. The van der Waals surface area contributed by atoms with Crippen molar-refractivity contribution >= 4 is 15.8 Å². The van der Waals surface area contributed by atoms with Crippen molar-refractivity contribution in [1.82, 2.24) is 15.5 Å². The third-order valence-corrected chi connectivity index (χ3v) is 5.95. The molecule has 122 valence electrons. The number of aliphatic imine (C=N–C) groups is 1. The van der Waals surface area contributed by atoms with E-state index in [4.69, 9.17) is 0 Å². The lowest BCUT2D eigenvalue weighted by Crippen LogP contribution is -2.46. The number of hydrogen-bond donors (Lipinski definition) is 2. The Hall–Kier alpha value is -0.820. The van der Waals surface area contributed by atoms with Crippen LogP contribution in [0.25, 0.3) is 0 Å². The van der Waals surface area contributed by atoms with Crippen LogP contribution in [0.2, 0.25) is 0 Å². The van der Waals surface area contributed by atoms with Crippen LogP contribution in [-0.4, -0.2) is 70.1 Å². The van der Waals surface area contributed by atoms with E-state index < -0.39 is 9.84 Å². The summed E-state index contributed by atoms with van der Waals surface area (Å²) in [6.45, 7) is 6.64. The van der Waals surface area contributed by atoms with Gasteiger partial charge in [-0.15, -0.1) is 0 Å². The molecule has 2 unspecified atom stereocenters. The maximum atomic E-state index is 11.5. The van der Waals surface area contributed by atoms with Gasteiger partial charge >= 0.3 is 0 Å². The standard InChI is InChI=1S/C14H28N4O2S/c1-12(10-18-6-3-4-7-18)9-16-14(15-2)17-13-5-8-21(19,20)11-13/h12-13H,3-11H2,1-2H3,(H2,15,16,17). The highest BCUT2D eigenvalue weighted by molar-refractivity contribution is 7.91. The topological polar surface area (TPSA) is 73.8 Å². The highest BCUT2D eigenvalue weighted by Gasteiger charge is 2.28. The van der Waals surface area contributed by atoms with Crippen LogP contribution in [-0.2, 0) is 9.84 Å². The van der Waals surface area contributed by atoms with E-state index in [-0.39, 0.29) is 17.5 Å². The largest absolute Gasteiger partial charge is 0.356 e. The maximum absolute atomic E-state index is 11.5. The SMILES string of the molecule is CN=C(NCC(C)CN1CCCC1)NC1CCS(=O)(=O)C1. The molecule has 0 spiro atoms. The van der Waals surface area contributed by atoms with Gasteiger partial charge in [-0.3, -0.25) is 4.99 Å². The minimum atomic E-state index is -2.85. The first-order valence-electron chi connectivity index (χ1n) is 7.88. The van der Waals surface area contributed by atoms with E-state index >= 15 is 0 Å². The highest BCUT2D eigenvalue weighted by atomic mass is 32.2. The van der Waals surface area contributed by atoms with E-state index in [1.54, 1.807) is 7.05 Å². The lowest BCUT2D eigenvalue weighted by molar-refractivity contribution is 0.287. The lowest BCUT2D eigenvalue weighted by Gasteiger charge is -2.22. The molecule has 2 heterocycles. The van der Waals surface area contributed by atoms with E-state index in [1.165, 1.54) is 25.9 Å². The lowest BCUT2D eigenvalue weighted by atomic mass is 10.1. The molecule has 2 saturated heterocycles. The van der Waals surface area contributed by atoms with Crippen LogP contribution in [0, 0.1) is 5.92 Å². The zero-order valence-corrected chi connectivity index (χ0v) is 14.0. The van der Waals surface area contributed by atoms with E-state index in [0.717, 1.165) is 13.1 Å². The van der Waals surface area contributed by atoms with Gasteiger partial charge in [-0.25, -0.2) is 8.42 Å². The first-order chi connectivity index (χ1) is 9.98. The number of sulfone groups is 1. The van der Waals surface area contributed by atoms with Gasteiger partial charge in [-0.1, -0.05) is 6.92 Å². The van der Waals surface area contributed by atoms with Gasteiger partial charge < -0.3 is 15.5 Å². The first-order valence-corrected chi connectivity index (χ1v) is 9.70. The fourth-order valence-corrected chi connectivity index (χ4v) is 4.71. The van der Waals surface area contributed by atoms with Gasteiger partial charge in [0.2, 0.25) is 0 Å². The Bertz CT molecular complexity index is 458. The van der Waals surface area contributed by atoms with Crippen LogP contribution in [0.1, 0.15) is 26.2 Å². The molecule has 6 nitrogen and oxygen atoms in total. The van der Waals surface area contributed by atoms with Crippen molar-refractivity contribution in [2.75, 3.05) is 44.7 Å². The van der Waals surface area contributed by atoms with Crippen LogP contribution < -0.4 is 10.6 Å². The maximum Gasteiger partial charge on any atom is 0.191 e. The van der Waals surface area contributed by atoms with Gasteiger partial charge in [0.1, 0.15) is 0 Å². The Morgan fingerprint density at radius 3 is 2.67 bits per heavy atom. The fourth-order valence-electron chi connectivity index (χ4n) is 3.04. The first kappa shape index (κ1) is 16.5. The second kappa shape index (κ2) is 7.45. The Kier molecular flexibility index (Phi) is 5.87. The summed E-state index contributed by atoms with van der Waals surface area (Å²) in [4.78, 5) is 6.70. The molecule has 7 heteroatoms. The Labute approximate surface area is 128 Å². The van der Waals surface area contributed by atoms with Crippen molar-refractivity contribution in [3.8, 4) is 0 Å². The van der Waals surface area contributed by atoms with E-state index in [0.29, 0.717) is 18.3 Å². The highest BCUT2D eigenvalue weighted by Crippen LogP contribution is 2.11. The Morgan fingerprint density at radius 1 is 1.38 bits per heavy atom. The minimum absolute atomic E-state index is 0.00455. The summed E-state index contributed by atoms with van der Waals surface area (Å²) in [5.74, 6) is 1.77. The molecule has 2 aliphatic heterocycles. The summed E-state index contributed by atoms with van der Waals surface area (Å²) in [6.07, 6.45) is 3.31. The zero-order valence-electron chi connectivity index (χ0n) is 13.1. The summed E-state index contributed by atoms with van der Waals surface area (Å²) < 4.78 is 22.9. The van der Waals surface area contributed by atoms with Crippen molar-refractivity contribution in [2.45, 2.75) is 32.2 Å². The fraction of sp³-hybridized carbons (Fsp3) is 0.929. The predicted octanol–water partition coefficient (Wildman–Crippen LogP) is 0.0704. The number of nitrogens with one attached hydrogen (secondary N) is 2. The third-order valence-electron chi connectivity index (χ3n) is 4.18. The van der Waals surface area contributed by atoms with Crippen LogP contribution in [0.15, 0.2) is 4.99 Å². The van der Waals surface area contributed by atoms with Crippen molar-refractivity contribution in [2.24, 2.45) is 10.9 Å². The summed E-state index contributed by atoms with van der Waals surface area (Å²) in [5, 5.41) is 6.53. The second-order valence-corrected chi connectivity index (χ2v) is 8.54. The number of rotatable bonds is 5. The molecule has 2 rings (SSSR count). The van der Waals surface area contributed by atoms with Crippen molar-refractivity contribution < 1.29 is 8.42 Å². The van der Waals surface area contributed by atoms with Crippen LogP contribution in [0.4, 0.5) is 0 Å². The molecule has 0 radical (unpaired) electrons. The van der Waals surface area contributed by atoms with Crippen molar-refractivity contribution in [1.29, 1.82) is 0 Å². The van der Waals surface area contributed by atoms with Crippen LogP contribution in [0.5, 0.6) is 0 Å². The zero-order chi connectivity index (χ0) is 15.3. The molecule has 0 aromatic heterocycles. The monoisotopic (exact) mass is 316 g/mol. The number of guanidine groups is 1. The predicted molar refractivity (Wildman–Crippen MR) is 86.4 cm³/mol. The summed E-state index contributed by atoms with van der Waals surface area (Å²) in [5.41, 5.74) is 0. The van der Waals surface area contributed by atoms with Gasteiger partial charge in [0.15, 0.2) is 15.8 Å². The molecule has 0 aliphatic carbocycles. The van der Waals surface area contributed by atoms with Gasteiger partial charge in [-0.2, -0.15) is 0 Å². The molecular weight excluding hydrogens is 288 g/mol. The summed E-state index contributed by atoms with van der Waals surface area (Å²) in [7, 11) is -1.12. The van der Waals surface area contributed by atoms with E-state index in [9.17, 15) is 8.42 Å². The van der Waals surface area contributed by atoms with Crippen molar-refractivity contribution in [3.05, 3.63) is 0 Å². The van der Waals surface area contributed by atoms with Gasteiger partial charge in [0.25, 0.3) is 0 Å². The molecule has 21 heavy (non-hydrogen) atoms. The Balaban J connectivity index is 1.70. The van der Waals surface area contributed by atoms with Gasteiger partial charge in [0, 0.05) is 26.2 Å². The average molecular weight is 316 g/mol. The summed E-state index contributed by atoms with van der Waals surface area (Å²) >= 11 is 0. The smallest absolute Gasteiger partial charge is 0.191 e. The molecule has 2 fully saturated rings. The quantitative estimate of drug-likeness (QED) is 0.555. The third kappa shape index (κ3) is 5.47. The molecule has 0 amide bonds. The minimum Gasteiger partial charge on any atom is -0.356 e. The molecule has 0 aromatic carbocycles. The van der Waals surface area contributed by atoms with Gasteiger partial charge in [-0.05, 0) is 38.3 Å². The molecule has 2 N–H and O–H groups in total. The molecule has 2 aliphatic rings. The Morgan fingerprint density at radius 2 is 2.10 bits per heavy atom. The van der Waals surface area contributed by atoms with E-state index in [2.05, 4.69) is 27.4 Å². The second-order valence-electron chi connectivity index (χ2n) is 6.31. The summed E-state index contributed by atoms with van der Waals surface area (Å²) in [6, 6.07) is -0.00455. The van der Waals surface area contributed by atoms with E-state index in [1.807, 2.05) is 0 Å². The van der Waals surface area contributed by atoms with Crippen molar-refractivity contribution in [3.63, 3.8) is 0 Å². The van der Waals surface area contributed by atoms with Crippen LogP contribution in [0.3, 0.4) is 0 Å². The number of likely N-dealkylation sites (tertiary alicyclic amines) is 1. The van der Waals surface area contributed by atoms with Gasteiger partial charge in [0.05, 0.1) is 11.5 Å². The molecule has 0 bridgehead atoms. The van der Waals surface area contributed by atoms with Crippen LogP contribution >= 0.6 is 0 Å².